The van der Waals surface area contributed by atoms with Gasteiger partial charge in [0.05, 0.1) is 11.1 Å². The first kappa shape index (κ1) is 16.9. The van der Waals surface area contributed by atoms with Crippen LogP contribution in [-0.4, -0.2) is 22.2 Å². The number of carbonyl (C=O) groups is 2. The van der Waals surface area contributed by atoms with Gasteiger partial charge in [-0.25, -0.2) is 14.0 Å². The highest BCUT2D eigenvalue weighted by atomic mass is 32.1. The topological polar surface area (TPSA) is 74.6 Å². The van der Waals surface area contributed by atoms with Crippen molar-refractivity contribution in [2.75, 3.05) is 0 Å². The van der Waals surface area contributed by atoms with E-state index in [4.69, 9.17) is 0 Å². The number of aryl methyl sites for hydroxylation is 1. The van der Waals surface area contributed by atoms with Crippen LogP contribution >= 0.6 is 11.3 Å². The predicted molar refractivity (Wildman–Crippen MR) is 93.8 cm³/mol. The van der Waals surface area contributed by atoms with Crippen molar-refractivity contribution in [1.29, 1.82) is 0 Å². The van der Waals surface area contributed by atoms with Crippen LogP contribution in [0.4, 0.5) is 4.39 Å². The molecule has 0 radical (unpaired) electrons. The molecule has 0 amide bonds. The zero-order valence-corrected chi connectivity index (χ0v) is 13.9. The molecule has 1 aromatic heterocycles. The van der Waals surface area contributed by atoms with Gasteiger partial charge in [0, 0.05) is 10.4 Å². The molecule has 3 rings (SSSR count). The van der Waals surface area contributed by atoms with E-state index in [1.165, 1.54) is 41.7 Å². The summed E-state index contributed by atoms with van der Waals surface area (Å²) < 4.78 is 13.2. The number of rotatable bonds is 4. The molecule has 0 saturated carbocycles. The van der Waals surface area contributed by atoms with E-state index in [0.717, 1.165) is 0 Å². The first-order chi connectivity index (χ1) is 11.9. The second-order valence-corrected chi connectivity index (χ2v) is 6.41. The SMILES string of the molecule is Cc1cc(-c2ccc(F)cc2)c(C(=O)O)c(-c2cccs2)c1C(=O)O. The van der Waals surface area contributed by atoms with Gasteiger partial charge in [-0.2, -0.15) is 0 Å². The lowest BCUT2D eigenvalue weighted by Gasteiger charge is -2.16. The first-order valence-electron chi connectivity index (χ1n) is 7.34. The minimum atomic E-state index is -1.23. The molecule has 126 valence electrons. The minimum Gasteiger partial charge on any atom is -0.478 e. The van der Waals surface area contributed by atoms with Gasteiger partial charge >= 0.3 is 11.9 Å². The van der Waals surface area contributed by atoms with Crippen molar-refractivity contribution >= 4 is 23.3 Å². The summed E-state index contributed by atoms with van der Waals surface area (Å²) >= 11 is 1.27. The number of hydrogen-bond donors (Lipinski definition) is 2. The summed E-state index contributed by atoms with van der Waals surface area (Å²) in [4.78, 5) is 24.3. The fourth-order valence-electron chi connectivity index (χ4n) is 2.84. The number of aromatic carboxylic acids is 2. The Bertz CT molecular complexity index is 960. The number of carboxylic acid groups (broad SMARTS) is 2. The summed E-state index contributed by atoms with van der Waals surface area (Å²) in [5.41, 5.74) is 1.35. The van der Waals surface area contributed by atoms with Gasteiger partial charge in [-0.3, -0.25) is 0 Å². The first-order valence-corrected chi connectivity index (χ1v) is 8.22. The summed E-state index contributed by atoms with van der Waals surface area (Å²) in [6.07, 6.45) is 0. The van der Waals surface area contributed by atoms with Crippen LogP contribution in [0.3, 0.4) is 0 Å². The molecule has 0 spiro atoms. The third-order valence-corrected chi connectivity index (χ3v) is 4.76. The van der Waals surface area contributed by atoms with Crippen molar-refractivity contribution in [3.63, 3.8) is 0 Å². The van der Waals surface area contributed by atoms with Gasteiger partial charge in [0.2, 0.25) is 0 Å². The molecule has 1 heterocycles. The number of thiophene rings is 1. The number of benzene rings is 2. The molecule has 0 atom stereocenters. The Hall–Kier alpha value is -2.99. The number of hydrogen-bond acceptors (Lipinski definition) is 3. The average molecular weight is 356 g/mol. The maximum absolute atomic E-state index is 13.2. The van der Waals surface area contributed by atoms with Crippen molar-refractivity contribution in [3.05, 3.63) is 70.4 Å². The van der Waals surface area contributed by atoms with Crippen molar-refractivity contribution < 1.29 is 24.2 Å². The largest absolute Gasteiger partial charge is 0.478 e. The molecule has 25 heavy (non-hydrogen) atoms. The lowest BCUT2D eigenvalue weighted by atomic mass is 9.88. The van der Waals surface area contributed by atoms with Gasteiger partial charge in [0.1, 0.15) is 5.82 Å². The third-order valence-electron chi connectivity index (χ3n) is 3.88. The molecule has 6 heteroatoms. The Morgan fingerprint density at radius 3 is 2.16 bits per heavy atom. The summed E-state index contributed by atoms with van der Waals surface area (Å²) in [5, 5.41) is 21.2. The quantitative estimate of drug-likeness (QED) is 0.695. The number of carboxylic acids is 2. The normalized spacial score (nSPS) is 10.6. The minimum absolute atomic E-state index is 0.0364. The lowest BCUT2D eigenvalue weighted by Crippen LogP contribution is -2.11. The smallest absolute Gasteiger partial charge is 0.337 e. The van der Waals surface area contributed by atoms with E-state index in [1.807, 2.05) is 0 Å². The molecule has 0 saturated heterocycles. The van der Waals surface area contributed by atoms with Crippen LogP contribution < -0.4 is 0 Å². The molecule has 0 bridgehead atoms. The maximum atomic E-state index is 13.2. The van der Waals surface area contributed by atoms with E-state index in [9.17, 15) is 24.2 Å². The summed E-state index contributed by atoms with van der Waals surface area (Å²) in [6, 6.07) is 10.4. The van der Waals surface area contributed by atoms with E-state index in [1.54, 1.807) is 24.4 Å². The Kier molecular flexibility index (Phi) is 4.37. The van der Waals surface area contributed by atoms with Gasteiger partial charge in [0.25, 0.3) is 0 Å². The predicted octanol–water partition coefficient (Wildman–Crippen LogP) is 4.93. The van der Waals surface area contributed by atoms with Crippen LogP contribution in [0.2, 0.25) is 0 Å². The summed E-state index contributed by atoms with van der Waals surface area (Å²) in [7, 11) is 0. The van der Waals surface area contributed by atoms with Gasteiger partial charge in [-0.1, -0.05) is 18.2 Å². The standard InChI is InChI=1S/C19H13FO4S/c1-10-9-13(11-4-6-12(20)7-5-11)16(19(23)24)17(15(10)18(21)22)14-3-2-8-25-14/h2-9H,1H3,(H,21,22)(H,23,24). The van der Waals surface area contributed by atoms with Crippen LogP contribution in [0.15, 0.2) is 47.8 Å². The van der Waals surface area contributed by atoms with Crippen LogP contribution in [0.1, 0.15) is 26.3 Å². The lowest BCUT2D eigenvalue weighted by molar-refractivity contribution is 0.0695. The highest BCUT2D eigenvalue weighted by molar-refractivity contribution is 7.13. The molecule has 0 fully saturated rings. The third kappa shape index (κ3) is 3.04. The highest BCUT2D eigenvalue weighted by Gasteiger charge is 2.26. The van der Waals surface area contributed by atoms with Crippen LogP contribution in [0.5, 0.6) is 0 Å². The van der Waals surface area contributed by atoms with Gasteiger partial charge in [0.15, 0.2) is 0 Å². The molecule has 0 aliphatic rings. The molecule has 4 nitrogen and oxygen atoms in total. The zero-order chi connectivity index (χ0) is 18.1. The van der Waals surface area contributed by atoms with E-state index in [-0.39, 0.29) is 16.7 Å². The van der Waals surface area contributed by atoms with Gasteiger partial charge in [-0.05, 0) is 53.3 Å². The molecule has 0 unspecified atom stereocenters. The van der Waals surface area contributed by atoms with Crippen molar-refractivity contribution in [3.8, 4) is 21.6 Å². The van der Waals surface area contributed by atoms with E-state index in [0.29, 0.717) is 21.6 Å². The monoisotopic (exact) mass is 356 g/mol. The van der Waals surface area contributed by atoms with Crippen LogP contribution in [0, 0.1) is 12.7 Å². The van der Waals surface area contributed by atoms with Crippen LogP contribution in [-0.2, 0) is 0 Å². The van der Waals surface area contributed by atoms with E-state index < -0.39 is 17.8 Å². The second kappa shape index (κ2) is 6.49. The maximum Gasteiger partial charge on any atom is 0.337 e. The molecule has 2 aromatic carbocycles. The van der Waals surface area contributed by atoms with Gasteiger partial charge < -0.3 is 10.2 Å². The van der Waals surface area contributed by atoms with E-state index >= 15 is 0 Å². The van der Waals surface area contributed by atoms with E-state index in [2.05, 4.69) is 0 Å². The Morgan fingerprint density at radius 2 is 1.64 bits per heavy atom. The molecule has 2 N–H and O–H groups in total. The Labute approximate surface area is 146 Å². The summed E-state index contributed by atoms with van der Waals surface area (Å²) in [5.74, 6) is -2.85. The van der Waals surface area contributed by atoms with Crippen molar-refractivity contribution in [2.24, 2.45) is 0 Å². The highest BCUT2D eigenvalue weighted by Crippen LogP contribution is 2.39. The Balaban J connectivity index is 2.43. The van der Waals surface area contributed by atoms with Gasteiger partial charge in [-0.15, -0.1) is 11.3 Å². The molecular formula is C19H13FO4S. The fraction of sp³-hybridized carbons (Fsp3) is 0.0526. The average Bonchev–Trinajstić information content (AvgIpc) is 3.08. The molecule has 3 aromatic rings. The molecule has 0 aliphatic carbocycles. The summed E-state index contributed by atoms with van der Waals surface area (Å²) in [6.45, 7) is 1.62. The number of halogens is 1. The van der Waals surface area contributed by atoms with Crippen molar-refractivity contribution in [1.82, 2.24) is 0 Å². The second-order valence-electron chi connectivity index (χ2n) is 5.46. The molecular weight excluding hydrogens is 343 g/mol. The molecule has 0 aliphatic heterocycles. The fourth-order valence-corrected chi connectivity index (χ4v) is 3.62. The zero-order valence-electron chi connectivity index (χ0n) is 13.1. The van der Waals surface area contributed by atoms with Crippen molar-refractivity contribution in [2.45, 2.75) is 6.92 Å². The Morgan fingerprint density at radius 1 is 1.00 bits per heavy atom. The van der Waals surface area contributed by atoms with Crippen LogP contribution in [0.25, 0.3) is 21.6 Å².